The van der Waals surface area contributed by atoms with Crippen molar-refractivity contribution in [3.63, 3.8) is 0 Å². The Labute approximate surface area is 143 Å². The number of aromatic nitrogens is 3. The third-order valence-corrected chi connectivity index (χ3v) is 4.22. The fourth-order valence-corrected chi connectivity index (χ4v) is 2.94. The SMILES string of the molecule is O=C1C=C(c2ccccc2F)CCN1c1cc(-c2ccncc2)n[nH]1. The molecule has 1 aromatic carbocycles. The summed E-state index contributed by atoms with van der Waals surface area (Å²) >= 11 is 0. The van der Waals surface area contributed by atoms with Gasteiger partial charge in [-0.3, -0.25) is 19.8 Å². The van der Waals surface area contributed by atoms with Gasteiger partial charge in [0.2, 0.25) is 0 Å². The van der Waals surface area contributed by atoms with E-state index in [1.807, 2.05) is 18.2 Å². The Hall–Kier alpha value is -3.28. The molecule has 0 unspecified atom stereocenters. The molecule has 0 radical (unpaired) electrons. The lowest BCUT2D eigenvalue weighted by Crippen LogP contribution is -2.34. The van der Waals surface area contributed by atoms with E-state index in [1.165, 1.54) is 12.1 Å². The number of amides is 1. The number of carbonyl (C=O) groups excluding carboxylic acids is 1. The van der Waals surface area contributed by atoms with Crippen molar-refractivity contribution in [2.75, 3.05) is 11.4 Å². The molecule has 25 heavy (non-hydrogen) atoms. The van der Waals surface area contributed by atoms with Gasteiger partial charge >= 0.3 is 0 Å². The van der Waals surface area contributed by atoms with Crippen LogP contribution in [0.4, 0.5) is 10.2 Å². The van der Waals surface area contributed by atoms with Gasteiger partial charge in [-0.2, -0.15) is 5.10 Å². The first-order chi connectivity index (χ1) is 12.2. The van der Waals surface area contributed by atoms with Gasteiger partial charge in [-0.15, -0.1) is 0 Å². The summed E-state index contributed by atoms with van der Waals surface area (Å²) in [5.41, 5.74) is 2.87. The van der Waals surface area contributed by atoms with Crippen molar-refractivity contribution in [2.24, 2.45) is 0 Å². The molecule has 2 aromatic heterocycles. The van der Waals surface area contributed by atoms with Gasteiger partial charge in [0.05, 0.1) is 5.69 Å². The van der Waals surface area contributed by atoms with Crippen LogP contribution in [0.2, 0.25) is 0 Å². The molecule has 0 saturated heterocycles. The molecule has 1 aliphatic heterocycles. The molecule has 0 atom stereocenters. The Bertz CT molecular complexity index is 949. The average Bonchev–Trinajstić information content (AvgIpc) is 3.12. The largest absolute Gasteiger partial charge is 0.293 e. The van der Waals surface area contributed by atoms with Crippen molar-refractivity contribution in [1.29, 1.82) is 0 Å². The maximum absolute atomic E-state index is 13.9. The van der Waals surface area contributed by atoms with Crippen molar-refractivity contribution in [3.8, 4) is 11.3 Å². The molecule has 4 rings (SSSR count). The minimum Gasteiger partial charge on any atom is -0.293 e. The molecule has 124 valence electrons. The number of H-pyrrole nitrogens is 1. The van der Waals surface area contributed by atoms with Crippen LogP contribution in [0, 0.1) is 5.82 Å². The minimum absolute atomic E-state index is 0.186. The van der Waals surface area contributed by atoms with Crippen LogP contribution in [0.5, 0.6) is 0 Å². The third-order valence-electron chi connectivity index (χ3n) is 4.22. The second-order valence-electron chi connectivity index (χ2n) is 5.76. The molecule has 0 bridgehead atoms. The fraction of sp³-hybridized carbons (Fsp3) is 0.105. The summed E-state index contributed by atoms with van der Waals surface area (Å²) in [5.74, 6) is 0.131. The summed E-state index contributed by atoms with van der Waals surface area (Å²) in [6.07, 6.45) is 5.46. The number of nitrogens with one attached hydrogen (secondary N) is 1. The predicted molar refractivity (Wildman–Crippen MR) is 93.2 cm³/mol. The molecule has 0 spiro atoms. The van der Waals surface area contributed by atoms with Crippen LogP contribution in [0.1, 0.15) is 12.0 Å². The Kier molecular flexibility index (Phi) is 3.85. The van der Waals surface area contributed by atoms with E-state index in [0.717, 1.165) is 11.3 Å². The number of aromatic amines is 1. The number of hydrogen-bond donors (Lipinski definition) is 1. The van der Waals surface area contributed by atoms with Gasteiger partial charge in [-0.05, 0) is 30.2 Å². The lowest BCUT2D eigenvalue weighted by Gasteiger charge is -2.25. The number of halogens is 1. The first-order valence-electron chi connectivity index (χ1n) is 7.95. The quantitative estimate of drug-likeness (QED) is 0.798. The van der Waals surface area contributed by atoms with Gasteiger partial charge in [-0.1, -0.05) is 18.2 Å². The van der Waals surface area contributed by atoms with Gasteiger partial charge in [0.1, 0.15) is 11.6 Å². The third kappa shape index (κ3) is 2.94. The average molecular weight is 334 g/mol. The number of hydrogen-bond acceptors (Lipinski definition) is 3. The fourth-order valence-electron chi connectivity index (χ4n) is 2.94. The van der Waals surface area contributed by atoms with E-state index in [4.69, 9.17) is 0 Å². The van der Waals surface area contributed by atoms with Crippen LogP contribution in [-0.2, 0) is 4.79 Å². The molecule has 3 aromatic rings. The molecule has 1 amide bonds. The molecule has 6 heteroatoms. The summed E-state index contributed by atoms with van der Waals surface area (Å²) < 4.78 is 13.9. The predicted octanol–water partition coefficient (Wildman–Crippen LogP) is 3.43. The summed E-state index contributed by atoms with van der Waals surface area (Å²) in [7, 11) is 0. The van der Waals surface area contributed by atoms with Gasteiger partial charge in [0, 0.05) is 42.2 Å². The van der Waals surface area contributed by atoms with Crippen molar-refractivity contribution in [2.45, 2.75) is 6.42 Å². The maximum Gasteiger partial charge on any atom is 0.252 e. The summed E-state index contributed by atoms with van der Waals surface area (Å²) in [4.78, 5) is 18.1. The van der Waals surface area contributed by atoms with Gasteiger partial charge in [0.25, 0.3) is 5.91 Å². The lowest BCUT2D eigenvalue weighted by atomic mass is 9.98. The summed E-state index contributed by atoms with van der Waals surface area (Å²) in [6, 6.07) is 12.1. The number of rotatable bonds is 3. The van der Waals surface area contributed by atoms with E-state index in [1.54, 1.807) is 35.5 Å². The molecule has 0 fully saturated rings. The summed E-state index contributed by atoms with van der Waals surface area (Å²) in [6.45, 7) is 0.469. The highest BCUT2D eigenvalue weighted by atomic mass is 19.1. The van der Waals surface area contributed by atoms with Crippen molar-refractivity contribution >= 4 is 17.3 Å². The van der Waals surface area contributed by atoms with Gasteiger partial charge in [-0.25, -0.2) is 4.39 Å². The monoisotopic (exact) mass is 334 g/mol. The lowest BCUT2D eigenvalue weighted by molar-refractivity contribution is -0.114. The van der Waals surface area contributed by atoms with Crippen LogP contribution in [0.15, 0.2) is 60.9 Å². The molecule has 3 heterocycles. The van der Waals surface area contributed by atoms with E-state index in [2.05, 4.69) is 15.2 Å². The van der Waals surface area contributed by atoms with Crippen LogP contribution >= 0.6 is 0 Å². The van der Waals surface area contributed by atoms with Crippen molar-refractivity contribution < 1.29 is 9.18 Å². The minimum atomic E-state index is -0.309. The zero-order chi connectivity index (χ0) is 17.2. The van der Waals surface area contributed by atoms with E-state index < -0.39 is 0 Å². The number of pyridine rings is 1. The van der Waals surface area contributed by atoms with Crippen LogP contribution in [-0.4, -0.2) is 27.6 Å². The highest BCUT2D eigenvalue weighted by molar-refractivity contribution is 6.07. The Balaban J connectivity index is 1.59. The molecule has 1 aliphatic rings. The van der Waals surface area contributed by atoms with E-state index in [0.29, 0.717) is 29.9 Å². The Morgan fingerprint density at radius 3 is 2.68 bits per heavy atom. The maximum atomic E-state index is 13.9. The molecular formula is C19H15FN4O. The van der Waals surface area contributed by atoms with Crippen molar-refractivity contribution in [1.82, 2.24) is 15.2 Å². The number of carbonyl (C=O) groups is 1. The second-order valence-corrected chi connectivity index (χ2v) is 5.76. The molecule has 0 aliphatic carbocycles. The zero-order valence-electron chi connectivity index (χ0n) is 13.3. The van der Waals surface area contributed by atoms with Crippen molar-refractivity contribution in [3.05, 3.63) is 72.3 Å². The number of anilines is 1. The second kappa shape index (κ2) is 6.32. The summed E-state index contributed by atoms with van der Waals surface area (Å²) in [5, 5.41) is 7.16. The Morgan fingerprint density at radius 1 is 1.12 bits per heavy atom. The topological polar surface area (TPSA) is 61.9 Å². The highest BCUT2D eigenvalue weighted by Crippen LogP contribution is 2.28. The van der Waals surface area contributed by atoms with Gasteiger partial charge in [0.15, 0.2) is 0 Å². The highest BCUT2D eigenvalue weighted by Gasteiger charge is 2.23. The van der Waals surface area contributed by atoms with Gasteiger partial charge < -0.3 is 0 Å². The van der Waals surface area contributed by atoms with Crippen LogP contribution in [0.3, 0.4) is 0 Å². The van der Waals surface area contributed by atoms with E-state index in [-0.39, 0.29) is 11.7 Å². The molecule has 1 N–H and O–H groups in total. The molecular weight excluding hydrogens is 319 g/mol. The van der Waals surface area contributed by atoms with Crippen LogP contribution in [0.25, 0.3) is 16.8 Å². The van der Waals surface area contributed by atoms with E-state index >= 15 is 0 Å². The number of benzene rings is 1. The van der Waals surface area contributed by atoms with Crippen LogP contribution < -0.4 is 4.90 Å². The smallest absolute Gasteiger partial charge is 0.252 e. The Morgan fingerprint density at radius 2 is 1.92 bits per heavy atom. The normalized spacial score (nSPS) is 14.5. The standard InChI is InChI=1S/C19H15FN4O/c20-16-4-2-1-3-15(16)14-7-10-24(19(25)11-14)18-12-17(22-23-18)13-5-8-21-9-6-13/h1-6,8-9,11-12H,7,10H2,(H,22,23). The zero-order valence-corrected chi connectivity index (χ0v) is 13.3. The molecule has 0 saturated carbocycles. The number of nitrogens with zero attached hydrogens (tertiary/aromatic N) is 3. The van der Waals surface area contributed by atoms with E-state index in [9.17, 15) is 9.18 Å². The molecule has 5 nitrogen and oxygen atoms in total. The first kappa shape index (κ1) is 15.3. The first-order valence-corrected chi connectivity index (χ1v) is 7.95.